The van der Waals surface area contributed by atoms with Crippen molar-refractivity contribution < 1.29 is 4.74 Å². The molecule has 3 rings (SSSR count). The molecular weight excluding hydrogens is 370 g/mol. The molecule has 1 aromatic heterocycles. The van der Waals surface area contributed by atoms with Crippen molar-refractivity contribution in [3.8, 4) is 17.5 Å². The highest BCUT2D eigenvalue weighted by molar-refractivity contribution is 7.99. The number of halogens is 1. The van der Waals surface area contributed by atoms with Gasteiger partial charge in [-0.2, -0.15) is 15.0 Å². The highest BCUT2D eigenvalue weighted by Crippen LogP contribution is 2.30. The van der Waals surface area contributed by atoms with Gasteiger partial charge in [-0.15, -0.1) is 0 Å². The second-order valence-electron chi connectivity index (χ2n) is 5.39. The van der Waals surface area contributed by atoms with Gasteiger partial charge in [0.05, 0.1) is 12.8 Å². The van der Waals surface area contributed by atoms with Crippen LogP contribution in [0.2, 0.25) is 5.02 Å². The Morgan fingerprint density at radius 2 is 1.96 bits per heavy atom. The number of ether oxygens (including phenoxy) is 1. The van der Waals surface area contributed by atoms with Crippen LogP contribution in [0, 0.1) is 18.3 Å². The molecule has 0 aliphatic carbocycles. The lowest BCUT2D eigenvalue weighted by molar-refractivity contribution is 0.414. The summed E-state index contributed by atoms with van der Waals surface area (Å²) in [6.45, 7) is 1.72. The molecule has 0 saturated carbocycles. The molecule has 0 unspecified atom stereocenters. The molecule has 2 aromatic carbocycles. The number of aromatic nitrogens is 2. The molecule has 5 nitrogen and oxygen atoms in total. The molecule has 0 aliphatic rings. The van der Waals surface area contributed by atoms with Crippen molar-refractivity contribution in [3.05, 3.63) is 75.0 Å². The van der Waals surface area contributed by atoms with Gasteiger partial charge < -0.3 is 4.74 Å². The van der Waals surface area contributed by atoms with Gasteiger partial charge >= 0.3 is 0 Å². The third kappa shape index (κ3) is 3.59. The van der Waals surface area contributed by atoms with Crippen molar-refractivity contribution in [2.75, 3.05) is 7.11 Å². The zero-order valence-corrected chi connectivity index (χ0v) is 15.6. The van der Waals surface area contributed by atoms with E-state index in [-0.39, 0.29) is 5.56 Å². The minimum Gasteiger partial charge on any atom is -0.497 e. The number of methoxy groups -OCH3 is 1. The SMILES string of the molecule is COc1cccc(-n2nc(Sc3ccc(Cl)cc3)c(C)c(C#N)c2=O)c1. The van der Waals surface area contributed by atoms with Crippen LogP contribution in [-0.2, 0) is 0 Å². The zero-order chi connectivity index (χ0) is 18.7. The maximum absolute atomic E-state index is 12.7. The van der Waals surface area contributed by atoms with Crippen LogP contribution >= 0.6 is 23.4 Å². The summed E-state index contributed by atoms with van der Waals surface area (Å²) in [7, 11) is 1.55. The van der Waals surface area contributed by atoms with Crippen molar-refractivity contribution in [3.63, 3.8) is 0 Å². The zero-order valence-electron chi connectivity index (χ0n) is 14.1. The van der Waals surface area contributed by atoms with E-state index in [1.165, 1.54) is 16.4 Å². The Labute approximate surface area is 159 Å². The van der Waals surface area contributed by atoms with Crippen LogP contribution in [0.5, 0.6) is 5.75 Å². The average molecular weight is 384 g/mol. The summed E-state index contributed by atoms with van der Waals surface area (Å²) >= 11 is 7.29. The topological polar surface area (TPSA) is 67.9 Å². The van der Waals surface area contributed by atoms with Crippen molar-refractivity contribution in [2.24, 2.45) is 0 Å². The molecule has 1 heterocycles. The van der Waals surface area contributed by atoms with Gasteiger partial charge in [0.2, 0.25) is 0 Å². The molecule has 0 aliphatic heterocycles. The van der Waals surface area contributed by atoms with Crippen LogP contribution in [0.25, 0.3) is 5.69 Å². The lowest BCUT2D eigenvalue weighted by Gasteiger charge is -2.12. The third-order valence-electron chi connectivity index (χ3n) is 3.73. The van der Waals surface area contributed by atoms with E-state index in [0.717, 1.165) is 4.90 Å². The number of benzene rings is 2. The van der Waals surface area contributed by atoms with E-state index in [9.17, 15) is 10.1 Å². The van der Waals surface area contributed by atoms with Crippen molar-refractivity contribution >= 4 is 23.4 Å². The van der Waals surface area contributed by atoms with Crippen LogP contribution in [0.4, 0.5) is 0 Å². The van der Waals surface area contributed by atoms with Gasteiger partial charge in [0, 0.05) is 21.5 Å². The summed E-state index contributed by atoms with van der Waals surface area (Å²) in [6.07, 6.45) is 0. The van der Waals surface area contributed by atoms with E-state index < -0.39 is 5.56 Å². The first-order valence-corrected chi connectivity index (χ1v) is 8.85. The van der Waals surface area contributed by atoms with Crippen molar-refractivity contribution in [2.45, 2.75) is 16.8 Å². The first-order valence-electron chi connectivity index (χ1n) is 7.65. The highest BCUT2D eigenvalue weighted by atomic mass is 35.5. The fraction of sp³-hybridized carbons (Fsp3) is 0.105. The number of nitriles is 1. The molecule has 0 bridgehead atoms. The van der Waals surface area contributed by atoms with Crippen LogP contribution in [0.15, 0.2) is 63.2 Å². The van der Waals surface area contributed by atoms with E-state index in [2.05, 4.69) is 5.10 Å². The molecule has 0 fully saturated rings. The Morgan fingerprint density at radius 3 is 2.62 bits per heavy atom. The van der Waals surface area contributed by atoms with Crippen LogP contribution in [0.1, 0.15) is 11.1 Å². The summed E-state index contributed by atoms with van der Waals surface area (Å²) in [4.78, 5) is 13.6. The van der Waals surface area contributed by atoms with E-state index in [4.69, 9.17) is 16.3 Å². The molecule has 130 valence electrons. The molecule has 0 atom stereocenters. The second-order valence-corrected chi connectivity index (χ2v) is 6.89. The maximum atomic E-state index is 12.7. The maximum Gasteiger partial charge on any atom is 0.289 e. The van der Waals surface area contributed by atoms with Gasteiger partial charge in [-0.3, -0.25) is 4.79 Å². The normalized spacial score (nSPS) is 10.4. The largest absolute Gasteiger partial charge is 0.497 e. The number of hydrogen-bond acceptors (Lipinski definition) is 5. The smallest absolute Gasteiger partial charge is 0.289 e. The van der Waals surface area contributed by atoms with Crippen molar-refractivity contribution in [1.29, 1.82) is 5.26 Å². The summed E-state index contributed by atoms with van der Waals surface area (Å²) in [5, 5.41) is 15.1. The van der Waals surface area contributed by atoms with Gasteiger partial charge in [-0.1, -0.05) is 29.4 Å². The number of hydrogen-bond donors (Lipinski definition) is 0. The average Bonchev–Trinajstić information content (AvgIpc) is 2.66. The predicted octanol–water partition coefficient (Wildman–Crippen LogP) is 4.23. The summed E-state index contributed by atoms with van der Waals surface area (Å²) < 4.78 is 6.44. The number of nitrogens with zero attached hydrogens (tertiary/aromatic N) is 3. The van der Waals surface area contributed by atoms with Crippen LogP contribution in [0.3, 0.4) is 0 Å². The lowest BCUT2D eigenvalue weighted by Crippen LogP contribution is -2.25. The quantitative estimate of drug-likeness (QED) is 0.674. The van der Waals surface area contributed by atoms with Gasteiger partial charge in [0.25, 0.3) is 5.56 Å². The third-order valence-corrected chi connectivity index (χ3v) is 5.07. The highest BCUT2D eigenvalue weighted by Gasteiger charge is 2.16. The monoisotopic (exact) mass is 383 g/mol. The van der Waals surface area contributed by atoms with E-state index in [1.807, 2.05) is 18.2 Å². The molecule has 7 heteroatoms. The van der Waals surface area contributed by atoms with Gasteiger partial charge in [-0.05, 0) is 43.3 Å². The minimum absolute atomic E-state index is 0.0688. The summed E-state index contributed by atoms with van der Waals surface area (Å²) in [6, 6.07) is 16.3. The van der Waals surface area contributed by atoms with Crippen LogP contribution in [-0.4, -0.2) is 16.9 Å². The molecule has 0 spiro atoms. The van der Waals surface area contributed by atoms with Gasteiger partial charge in [-0.25, -0.2) is 0 Å². The standard InChI is InChI=1S/C19H14ClN3O2S/c1-12-17(11-21)19(24)23(14-4-3-5-15(10-14)25-2)22-18(12)26-16-8-6-13(20)7-9-16/h3-10H,1-2H3. The first-order chi connectivity index (χ1) is 12.5. The molecule has 0 N–H and O–H groups in total. The predicted molar refractivity (Wildman–Crippen MR) is 101 cm³/mol. The summed E-state index contributed by atoms with van der Waals surface area (Å²) in [5.74, 6) is 0.599. The minimum atomic E-state index is -0.460. The first kappa shape index (κ1) is 18.1. The fourth-order valence-electron chi connectivity index (χ4n) is 2.34. The molecular formula is C19H14ClN3O2S. The Balaban J connectivity index is 2.15. The van der Waals surface area contributed by atoms with E-state index in [0.29, 0.717) is 27.0 Å². The van der Waals surface area contributed by atoms with Gasteiger partial charge in [0.15, 0.2) is 0 Å². The van der Waals surface area contributed by atoms with E-state index in [1.54, 1.807) is 50.4 Å². The van der Waals surface area contributed by atoms with Gasteiger partial charge in [0.1, 0.15) is 22.4 Å². The Morgan fingerprint density at radius 1 is 1.23 bits per heavy atom. The molecule has 0 saturated heterocycles. The Bertz CT molecular complexity index is 1060. The summed E-state index contributed by atoms with van der Waals surface area (Å²) in [5.41, 5.74) is 0.693. The second kappa shape index (κ2) is 7.65. The fourth-order valence-corrected chi connectivity index (χ4v) is 3.34. The molecule has 26 heavy (non-hydrogen) atoms. The van der Waals surface area contributed by atoms with E-state index >= 15 is 0 Å². The lowest BCUT2D eigenvalue weighted by atomic mass is 10.2. The molecule has 3 aromatic rings. The molecule has 0 radical (unpaired) electrons. The molecule has 0 amide bonds. The Kier molecular flexibility index (Phi) is 5.31. The number of rotatable bonds is 4. The van der Waals surface area contributed by atoms with Crippen LogP contribution < -0.4 is 10.3 Å². The van der Waals surface area contributed by atoms with Crippen molar-refractivity contribution in [1.82, 2.24) is 9.78 Å². The Hall–Kier alpha value is -2.75.